The third-order valence-corrected chi connectivity index (χ3v) is 5.73. The quantitative estimate of drug-likeness (QED) is 0.458. The smallest absolute Gasteiger partial charge is 0.407 e. The number of halogens is 1. The van der Waals surface area contributed by atoms with E-state index in [0.29, 0.717) is 54.5 Å². The van der Waals surface area contributed by atoms with Gasteiger partial charge in [0.1, 0.15) is 17.2 Å². The van der Waals surface area contributed by atoms with Crippen LogP contribution in [0.4, 0.5) is 4.79 Å². The van der Waals surface area contributed by atoms with E-state index in [2.05, 4.69) is 10.0 Å². The average Bonchev–Trinajstić information content (AvgIpc) is 2.82. The summed E-state index contributed by atoms with van der Waals surface area (Å²) < 4.78 is 0. The lowest BCUT2D eigenvalue weighted by Gasteiger charge is -2.33. The lowest BCUT2D eigenvalue weighted by atomic mass is 10.1. The van der Waals surface area contributed by atoms with E-state index in [1.54, 1.807) is 29.2 Å². The molecule has 0 radical (unpaired) electrons. The maximum Gasteiger partial charge on any atom is 0.407 e. The number of carbonyl (C=O) groups excluding carboxylic acids is 1. The molecule has 162 valence electrons. The molecule has 10 heteroatoms. The van der Waals surface area contributed by atoms with E-state index < -0.39 is 6.09 Å². The number of carboxylic acid groups (broad SMARTS) is 1. The molecule has 0 saturated carbocycles. The molecule has 2 N–H and O–H groups in total. The Morgan fingerprint density at radius 1 is 1.06 bits per heavy atom. The first-order valence-corrected chi connectivity index (χ1v) is 10.3. The molecule has 2 amide bonds. The predicted octanol–water partition coefficient (Wildman–Crippen LogP) is 4.04. The Kier molecular flexibility index (Phi) is 6.11. The second-order valence-corrected chi connectivity index (χ2v) is 7.79. The highest BCUT2D eigenvalue weighted by Crippen LogP contribution is 2.29. The van der Waals surface area contributed by atoms with Gasteiger partial charge in [-0.05, 0) is 23.8 Å². The number of pyridine rings is 1. The van der Waals surface area contributed by atoms with Gasteiger partial charge in [0.15, 0.2) is 0 Å². The third kappa shape index (κ3) is 4.44. The van der Waals surface area contributed by atoms with Crippen molar-refractivity contribution in [3.8, 4) is 11.3 Å². The standard InChI is InChI=1S/C22H19ClN6O3/c23-18-12-19(15-3-1-14(2-4-15)13-25-27-24)26-20-11-16(5-6-17(18)20)21(30)28-7-9-29(10-8-28)22(31)32/h1-6,11-12,24H,7-10,13H2/p+1. The SMILES string of the molecule is N=[N+]=NCc1ccc(-c2cc(Cl)c3ccc(C(=O)N4CCN(C(=O)O)CC4)cc3n2)cc1. The van der Waals surface area contributed by atoms with Crippen LogP contribution in [-0.4, -0.2) is 58.1 Å². The minimum atomic E-state index is -0.969. The molecule has 1 aromatic heterocycles. The summed E-state index contributed by atoms with van der Waals surface area (Å²) in [5, 5.41) is 14.0. The van der Waals surface area contributed by atoms with E-state index in [1.807, 2.05) is 24.3 Å². The summed E-state index contributed by atoms with van der Waals surface area (Å²) in [6.07, 6.45) is -0.969. The molecule has 1 aliphatic heterocycles. The van der Waals surface area contributed by atoms with Gasteiger partial charge in [-0.15, -0.1) is 0 Å². The molecule has 0 unspecified atom stereocenters. The zero-order valence-electron chi connectivity index (χ0n) is 17.0. The summed E-state index contributed by atoms with van der Waals surface area (Å²) in [5.74, 6) is -0.159. The molecular weight excluding hydrogens is 432 g/mol. The zero-order valence-corrected chi connectivity index (χ0v) is 17.8. The van der Waals surface area contributed by atoms with Crippen LogP contribution in [0, 0.1) is 5.53 Å². The fourth-order valence-electron chi connectivity index (χ4n) is 3.65. The molecule has 9 nitrogen and oxygen atoms in total. The minimum absolute atomic E-state index is 0.159. The number of hydrogen-bond donors (Lipinski definition) is 2. The van der Waals surface area contributed by atoms with Crippen LogP contribution in [0.1, 0.15) is 15.9 Å². The topological polar surface area (TPSA) is 124 Å². The van der Waals surface area contributed by atoms with Crippen LogP contribution >= 0.6 is 11.6 Å². The fraction of sp³-hybridized carbons (Fsp3) is 0.227. The van der Waals surface area contributed by atoms with Gasteiger partial charge in [0.05, 0.1) is 16.2 Å². The summed E-state index contributed by atoms with van der Waals surface area (Å²) in [6, 6.07) is 14.6. The number of nitrogens with zero attached hydrogens (tertiary/aromatic N) is 5. The number of piperazine rings is 1. The van der Waals surface area contributed by atoms with Gasteiger partial charge in [0, 0.05) is 42.7 Å². The van der Waals surface area contributed by atoms with E-state index in [0.717, 1.165) is 16.5 Å². The maximum atomic E-state index is 13.0. The molecule has 3 aromatic rings. The molecule has 0 aliphatic carbocycles. The second kappa shape index (κ2) is 9.13. The molecule has 2 heterocycles. The van der Waals surface area contributed by atoms with Crippen LogP contribution in [-0.2, 0) is 6.54 Å². The van der Waals surface area contributed by atoms with Crippen molar-refractivity contribution in [1.82, 2.24) is 19.7 Å². The molecule has 1 fully saturated rings. The molecule has 2 aromatic carbocycles. The Balaban J connectivity index is 1.60. The van der Waals surface area contributed by atoms with E-state index in [4.69, 9.17) is 27.2 Å². The number of hydrogen-bond acceptors (Lipinski definition) is 5. The van der Waals surface area contributed by atoms with E-state index >= 15 is 0 Å². The zero-order chi connectivity index (χ0) is 22.7. The first-order valence-electron chi connectivity index (χ1n) is 9.96. The van der Waals surface area contributed by atoms with E-state index in [9.17, 15) is 9.59 Å². The summed E-state index contributed by atoms with van der Waals surface area (Å²) in [7, 11) is 0. The van der Waals surface area contributed by atoms with Gasteiger partial charge >= 0.3 is 6.09 Å². The van der Waals surface area contributed by atoms with Gasteiger partial charge in [-0.2, -0.15) is 0 Å². The van der Waals surface area contributed by atoms with Gasteiger partial charge in [-0.3, -0.25) is 4.79 Å². The molecule has 0 spiro atoms. The molecule has 32 heavy (non-hydrogen) atoms. The summed E-state index contributed by atoms with van der Waals surface area (Å²) in [6.45, 7) is 1.62. The van der Waals surface area contributed by atoms with Crippen molar-refractivity contribution in [2.75, 3.05) is 26.2 Å². The number of amides is 2. The molecule has 0 atom stereocenters. The Bertz CT molecular complexity index is 1230. The van der Waals surface area contributed by atoms with E-state index in [-0.39, 0.29) is 5.91 Å². The number of aromatic nitrogens is 1. The van der Waals surface area contributed by atoms with Crippen LogP contribution in [0.3, 0.4) is 0 Å². The first-order chi connectivity index (χ1) is 15.5. The number of rotatable bonds is 4. The van der Waals surface area contributed by atoms with Gasteiger partial charge in [-0.1, -0.05) is 41.9 Å². The normalized spacial score (nSPS) is 13.7. The fourth-order valence-corrected chi connectivity index (χ4v) is 3.91. The van der Waals surface area contributed by atoms with Crippen molar-refractivity contribution in [1.29, 1.82) is 5.53 Å². The van der Waals surface area contributed by atoms with Gasteiger partial charge < -0.3 is 14.9 Å². The van der Waals surface area contributed by atoms with Crippen molar-refractivity contribution in [2.45, 2.75) is 6.54 Å². The number of fused-ring (bicyclic) bond motifs is 1. The van der Waals surface area contributed by atoms with Crippen molar-refractivity contribution >= 4 is 34.5 Å². The van der Waals surface area contributed by atoms with Crippen LogP contribution in [0.2, 0.25) is 5.02 Å². The first kappa shape index (κ1) is 21.4. The summed E-state index contributed by atoms with van der Waals surface area (Å²) in [5.41, 5.74) is 10.3. The molecule has 1 saturated heterocycles. The number of carbonyl (C=O) groups is 2. The number of nitrogens with one attached hydrogen (secondary N) is 1. The Hall–Kier alpha value is -3.81. The predicted molar refractivity (Wildman–Crippen MR) is 119 cm³/mol. The van der Waals surface area contributed by atoms with Crippen molar-refractivity contribution < 1.29 is 14.7 Å². The monoisotopic (exact) mass is 451 g/mol. The second-order valence-electron chi connectivity index (χ2n) is 7.38. The highest BCUT2D eigenvalue weighted by atomic mass is 35.5. The highest BCUT2D eigenvalue weighted by Gasteiger charge is 2.24. The van der Waals surface area contributed by atoms with Crippen molar-refractivity contribution in [2.24, 2.45) is 5.11 Å². The lowest BCUT2D eigenvalue weighted by molar-refractivity contribution is 0.0625. The van der Waals surface area contributed by atoms with E-state index in [1.165, 1.54) is 4.90 Å². The molecule has 1 aliphatic rings. The largest absolute Gasteiger partial charge is 0.465 e. The van der Waals surface area contributed by atoms with Crippen LogP contribution in [0.15, 0.2) is 53.6 Å². The van der Waals surface area contributed by atoms with Crippen molar-refractivity contribution in [3.63, 3.8) is 0 Å². The summed E-state index contributed by atoms with van der Waals surface area (Å²) in [4.78, 5) is 34.7. The Labute approximate surface area is 188 Å². The molecule has 0 bridgehead atoms. The van der Waals surface area contributed by atoms with Crippen LogP contribution < -0.4 is 4.91 Å². The molecular formula is C22H20ClN6O3+. The highest BCUT2D eigenvalue weighted by molar-refractivity contribution is 6.35. The molecule has 4 rings (SSSR count). The van der Waals surface area contributed by atoms with Crippen molar-refractivity contribution in [3.05, 3.63) is 64.7 Å². The lowest BCUT2D eigenvalue weighted by Crippen LogP contribution is -2.50. The van der Waals surface area contributed by atoms with Gasteiger partial charge in [-0.25, -0.2) is 9.78 Å². The summed E-state index contributed by atoms with van der Waals surface area (Å²) >= 11 is 6.49. The van der Waals surface area contributed by atoms with Gasteiger partial charge in [0.2, 0.25) is 4.91 Å². The minimum Gasteiger partial charge on any atom is -0.465 e. The maximum absolute atomic E-state index is 13.0. The van der Waals surface area contributed by atoms with Crippen LogP contribution in [0.25, 0.3) is 22.2 Å². The average molecular weight is 452 g/mol. The van der Waals surface area contributed by atoms with Crippen LogP contribution in [0.5, 0.6) is 0 Å². The Morgan fingerprint density at radius 2 is 1.75 bits per heavy atom. The van der Waals surface area contributed by atoms with Gasteiger partial charge in [0.25, 0.3) is 5.91 Å². The third-order valence-electron chi connectivity index (χ3n) is 5.42. The number of benzene rings is 2. The Morgan fingerprint density at radius 3 is 2.41 bits per heavy atom.